The van der Waals surface area contributed by atoms with Gasteiger partial charge in [-0.15, -0.1) is 0 Å². The second kappa shape index (κ2) is 11.0. The molecule has 0 aliphatic carbocycles. The minimum atomic E-state index is -4.68. The average Bonchev–Trinajstić information content (AvgIpc) is 2.58. The summed E-state index contributed by atoms with van der Waals surface area (Å²) < 4.78 is 39.8. The Bertz CT molecular complexity index is 874. The molecule has 0 amide bonds. The van der Waals surface area contributed by atoms with Gasteiger partial charge in [-0.05, 0) is 6.07 Å². The van der Waals surface area contributed by atoms with Gasteiger partial charge in [-0.3, -0.25) is 14.6 Å². The minimum Gasteiger partial charge on any atom is -0.369 e. The van der Waals surface area contributed by atoms with Crippen LogP contribution in [0.3, 0.4) is 0 Å². The number of nitrogens with zero attached hydrogens (tertiary/aromatic N) is 3. The fourth-order valence-electron chi connectivity index (χ4n) is 2.52. The summed E-state index contributed by atoms with van der Waals surface area (Å²) in [5.74, 6) is 0. The van der Waals surface area contributed by atoms with Gasteiger partial charge in [-0.2, -0.15) is 0 Å². The molecule has 2 N–H and O–H groups in total. The Kier molecular flexibility index (Phi) is 9.99. The molecule has 0 atom stereocenters. The first-order valence-corrected chi connectivity index (χ1v) is 13.8. The highest BCUT2D eigenvalue weighted by Gasteiger charge is 2.27. The van der Waals surface area contributed by atoms with Crippen molar-refractivity contribution in [1.82, 2.24) is 0 Å². The molecule has 1 rings (SSSR count). The molecule has 1 aromatic carbocycles. The van der Waals surface area contributed by atoms with Gasteiger partial charge >= 0.3 is 7.82 Å². The van der Waals surface area contributed by atoms with Crippen molar-refractivity contribution in [3.05, 3.63) is 22.2 Å². The highest BCUT2D eigenvalue weighted by Crippen LogP contribution is 2.39. The number of nitro benzene ring substituents is 1. The van der Waals surface area contributed by atoms with Crippen LogP contribution in [-0.4, -0.2) is 73.3 Å². The Morgan fingerprint density at radius 1 is 1.17 bits per heavy atom. The predicted octanol–water partition coefficient (Wildman–Crippen LogP) is 2.14. The van der Waals surface area contributed by atoms with Crippen LogP contribution in [0.15, 0.2) is 17.0 Å². The van der Waals surface area contributed by atoms with Crippen molar-refractivity contribution < 1.29 is 32.2 Å². The van der Waals surface area contributed by atoms with Gasteiger partial charge < -0.3 is 19.6 Å². The predicted molar refractivity (Wildman–Crippen MR) is 117 cm³/mol. The Morgan fingerprint density at radius 2 is 1.72 bits per heavy atom. The number of hydrogen-bond donors (Lipinski definition) is 2. The summed E-state index contributed by atoms with van der Waals surface area (Å²) in [6, 6.07) is 2.41. The number of rotatable bonds is 12. The van der Waals surface area contributed by atoms with Crippen molar-refractivity contribution in [1.29, 1.82) is 0 Å². The van der Waals surface area contributed by atoms with Crippen molar-refractivity contribution in [3.8, 4) is 0 Å². The van der Waals surface area contributed by atoms with E-state index >= 15 is 0 Å². The number of sulfone groups is 1. The summed E-state index contributed by atoms with van der Waals surface area (Å²) in [6.07, 6.45) is 0.979. The number of nitro groups is 1. The molecule has 0 radical (unpaired) electrons. The van der Waals surface area contributed by atoms with Crippen LogP contribution in [0.2, 0.25) is 0 Å². The van der Waals surface area contributed by atoms with Crippen LogP contribution < -0.4 is 9.80 Å². The number of phosphoric ester groups is 1. The number of hydrogen-bond acceptors (Lipinski definition) is 8. The standard InChI is InChI=1S/C14H22Br2N3O8PS/c1-17(7-8-27-28(22,23)24)11-9-13(18(5-3-15)6-4-16)14(29(2,25)26)10-12(11)19(20)21/h9-10H,3-8H2,1-2H3,(H2,22,23,24). The molecule has 1 aromatic rings. The van der Waals surface area contributed by atoms with Crippen molar-refractivity contribution >= 4 is 66.6 Å². The van der Waals surface area contributed by atoms with Crippen LogP contribution in [0, 0.1) is 10.1 Å². The first-order valence-electron chi connectivity index (χ1n) is 8.12. The van der Waals surface area contributed by atoms with Gasteiger partial charge in [-0.1, -0.05) is 31.9 Å². The molecule has 0 fully saturated rings. The zero-order valence-electron chi connectivity index (χ0n) is 15.7. The van der Waals surface area contributed by atoms with Crippen LogP contribution in [0.1, 0.15) is 0 Å². The molecule has 0 saturated carbocycles. The quantitative estimate of drug-likeness (QED) is 0.162. The highest BCUT2D eigenvalue weighted by molar-refractivity contribution is 9.09. The van der Waals surface area contributed by atoms with Crippen molar-refractivity contribution in [2.45, 2.75) is 4.90 Å². The van der Waals surface area contributed by atoms with Gasteiger partial charge in [0.05, 0.1) is 22.1 Å². The van der Waals surface area contributed by atoms with Gasteiger partial charge in [0.2, 0.25) is 0 Å². The van der Waals surface area contributed by atoms with Crippen LogP contribution in [0.4, 0.5) is 17.1 Å². The molecule has 166 valence electrons. The third-order valence-electron chi connectivity index (χ3n) is 3.80. The Hall–Kier alpha value is -0.760. The fourth-order valence-corrected chi connectivity index (χ4v) is 4.59. The maximum atomic E-state index is 12.3. The summed E-state index contributed by atoms with van der Waals surface area (Å²) in [4.78, 5) is 31.4. The lowest BCUT2D eigenvalue weighted by atomic mass is 10.2. The second-order valence-electron chi connectivity index (χ2n) is 5.95. The maximum absolute atomic E-state index is 12.3. The molecule has 0 bridgehead atoms. The van der Waals surface area contributed by atoms with Gasteiger partial charge in [0.1, 0.15) is 5.69 Å². The van der Waals surface area contributed by atoms with E-state index in [-0.39, 0.29) is 23.7 Å². The maximum Gasteiger partial charge on any atom is 0.469 e. The van der Waals surface area contributed by atoms with Gasteiger partial charge in [0.15, 0.2) is 9.84 Å². The lowest BCUT2D eigenvalue weighted by Gasteiger charge is -2.27. The first-order chi connectivity index (χ1) is 13.3. The number of alkyl halides is 2. The monoisotopic (exact) mass is 581 g/mol. The van der Waals surface area contributed by atoms with E-state index in [4.69, 9.17) is 9.79 Å². The van der Waals surface area contributed by atoms with Crippen molar-refractivity contribution in [3.63, 3.8) is 0 Å². The minimum absolute atomic E-state index is 0.0689. The third kappa shape index (κ3) is 8.12. The second-order valence-corrected chi connectivity index (χ2v) is 10.8. The van der Waals surface area contributed by atoms with E-state index < -0.39 is 28.3 Å². The molecule has 0 aromatic heterocycles. The van der Waals surface area contributed by atoms with E-state index in [1.165, 1.54) is 18.0 Å². The molecule has 0 spiro atoms. The molecule has 29 heavy (non-hydrogen) atoms. The van der Waals surface area contributed by atoms with Crippen LogP contribution in [0.25, 0.3) is 0 Å². The Balaban J connectivity index is 3.52. The first kappa shape index (κ1) is 26.3. The highest BCUT2D eigenvalue weighted by atomic mass is 79.9. The molecular weight excluding hydrogens is 561 g/mol. The van der Waals surface area contributed by atoms with Crippen molar-refractivity contribution in [2.75, 3.05) is 60.0 Å². The molecule has 0 aliphatic rings. The normalized spacial score (nSPS) is 12.1. The smallest absolute Gasteiger partial charge is 0.369 e. The molecule has 0 unspecified atom stereocenters. The van der Waals surface area contributed by atoms with E-state index in [1.807, 2.05) is 0 Å². The third-order valence-corrected chi connectivity index (χ3v) is 6.15. The molecule has 15 heteroatoms. The zero-order valence-corrected chi connectivity index (χ0v) is 20.6. The molecule has 11 nitrogen and oxygen atoms in total. The van der Waals surface area contributed by atoms with E-state index in [0.717, 1.165) is 12.3 Å². The number of anilines is 2. The van der Waals surface area contributed by atoms with Crippen molar-refractivity contribution in [2.24, 2.45) is 0 Å². The van der Waals surface area contributed by atoms with E-state index in [1.54, 1.807) is 4.90 Å². The summed E-state index contributed by atoms with van der Waals surface area (Å²) in [7, 11) is -6.97. The average molecular weight is 583 g/mol. The van der Waals surface area contributed by atoms with Crippen LogP contribution in [0.5, 0.6) is 0 Å². The molecule has 0 heterocycles. The molecule has 0 saturated heterocycles. The van der Waals surface area contributed by atoms with Gasteiger partial charge in [-0.25, -0.2) is 13.0 Å². The summed E-state index contributed by atoms with van der Waals surface area (Å²) in [5, 5.41) is 12.7. The van der Waals surface area contributed by atoms with E-state index in [9.17, 15) is 23.1 Å². The molecular formula is C14H22Br2N3O8PS. The lowest BCUT2D eigenvalue weighted by molar-refractivity contribution is -0.384. The Morgan fingerprint density at radius 3 is 2.14 bits per heavy atom. The fraction of sp³-hybridized carbons (Fsp3) is 0.571. The number of benzene rings is 1. The van der Waals surface area contributed by atoms with Gasteiger partial charge in [0.25, 0.3) is 5.69 Å². The lowest BCUT2D eigenvalue weighted by Crippen LogP contribution is -2.30. The van der Waals surface area contributed by atoms with Crippen LogP contribution >= 0.6 is 39.7 Å². The zero-order chi connectivity index (χ0) is 22.4. The number of halogens is 2. The number of likely N-dealkylation sites (N-methyl/N-ethyl adjacent to an activating group) is 1. The largest absolute Gasteiger partial charge is 0.469 e. The summed E-state index contributed by atoms with van der Waals surface area (Å²) in [6.45, 7) is 0.459. The number of phosphoric acid groups is 1. The summed E-state index contributed by atoms with van der Waals surface area (Å²) in [5.41, 5.74) is -0.0406. The SMILES string of the molecule is CN(CCOP(=O)(O)O)c1cc(N(CCBr)CCBr)c(S(C)(=O)=O)cc1[N+](=O)[O-]. The molecule has 0 aliphatic heterocycles. The summed E-state index contributed by atoms with van der Waals surface area (Å²) >= 11 is 6.63. The van der Waals surface area contributed by atoms with Crippen LogP contribution in [-0.2, 0) is 18.9 Å². The van der Waals surface area contributed by atoms with E-state index in [2.05, 4.69) is 36.4 Å². The topological polar surface area (TPSA) is 151 Å². The van der Waals surface area contributed by atoms with Gasteiger partial charge in [0, 0.05) is 49.7 Å². The Labute approximate surface area is 185 Å². The van der Waals surface area contributed by atoms with E-state index in [0.29, 0.717) is 29.4 Å².